The number of nitrogens with one attached hydrogen (secondary N) is 1. The molecule has 0 saturated carbocycles. The van der Waals surface area contributed by atoms with Crippen molar-refractivity contribution in [3.8, 4) is 0 Å². The van der Waals surface area contributed by atoms with Gasteiger partial charge in [0.2, 0.25) is 0 Å². The Balaban J connectivity index is 2.22. The van der Waals surface area contributed by atoms with Crippen molar-refractivity contribution in [1.29, 1.82) is 0 Å². The van der Waals surface area contributed by atoms with E-state index in [4.69, 9.17) is 5.84 Å². The molecule has 0 radical (unpaired) electrons. The molecule has 2 aromatic rings. The summed E-state index contributed by atoms with van der Waals surface area (Å²) in [4.78, 5) is 5.76. The van der Waals surface area contributed by atoms with E-state index in [0.717, 1.165) is 23.0 Å². The van der Waals surface area contributed by atoms with E-state index in [1.54, 1.807) is 11.3 Å². The summed E-state index contributed by atoms with van der Waals surface area (Å²) in [5, 5.41) is 2.09. The van der Waals surface area contributed by atoms with Crippen LogP contribution < -0.4 is 11.3 Å². The second kappa shape index (κ2) is 6.43. The van der Waals surface area contributed by atoms with E-state index in [1.165, 1.54) is 10.4 Å². The van der Waals surface area contributed by atoms with Gasteiger partial charge in [0.25, 0.3) is 0 Å². The van der Waals surface area contributed by atoms with Crippen LogP contribution in [0.15, 0.2) is 34.2 Å². The Hall–Kier alpha value is -0.750. The van der Waals surface area contributed by atoms with Crippen molar-refractivity contribution in [2.45, 2.75) is 25.8 Å². The SMILES string of the molecule is CCc1cccnc1C(Cc1cc(Br)cs1)NN. The molecule has 0 amide bonds. The van der Waals surface area contributed by atoms with Crippen molar-refractivity contribution in [3.05, 3.63) is 50.4 Å². The highest BCUT2D eigenvalue weighted by Crippen LogP contribution is 2.26. The molecule has 2 heterocycles. The minimum absolute atomic E-state index is 0.0618. The van der Waals surface area contributed by atoms with Gasteiger partial charge in [0, 0.05) is 27.3 Å². The van der Waals surface area contributed by atoms with Crippen molar-refractivity contribution < 1.29 is 0 Å². The first-order valence-corrected chi connectivity index (χ1v) is 7.54. The Morgan fingerprint density at radius 1 is 1.56 bits per heavy atom. The maximum atomic E-state index is 5.69. The molecule has 0 bridgehead atoms. The Labute approximate surface area is 120 Å². The Morgan fingerprint density at radius 3 is 3.00 bits per heavy atom. The summed E-state index contributed by atoms with van der Waals surface area (Å²) in [6.45, 7) is 2.13. The second-order valence-corrected chi connectivity index (χ2v) is 5.97. The molecular weight excluding hydrogens is 310 g/mol. The molecule has 1 atom stereocenters. The largest absolute Gasteiger partial charge is 0.271 e. The molecule has 18 heavy (non-hydrogen) atoms. The van der Waals surface area contributed by atoms with Crippen molar-refractivity contribution in [2.75, 3.05) is 0 Å². The zero-order chi connectivity index (χ0) is 13.0. The lowest BCUT2D eigenvalue weighted by Gasteiger charge is -2.17. The van der Waals surface area contributed by atoms with Gasteiger partial charge in [-0.05, 0) is 40.0 Å². The van der Waals surface area contributed by atoms with Crippen LogP contribution in [-0.4, -0.2) is 4.98 Å². The summed E-state index contributed by atoms with van der Waals surface area (Å²) in [6, 6.07) is 6.27. The normalized spacial score (nSPS) is 12.6. The van der Waals surface area contributed by atoms with E-state index in [2.05, 4.69) is 50.8 Å². The molecule has 2 aromatic heterocycles. The number of hydrogen-bond donors (Lipinski definition) is 2. The highest BCUT2D eigenvalue weighted by Gasteiger charge is 2.16. The van der Waals surface area contributed by atoms with Crippen LogP contribution in [0.3, 0.4) is 0 Å². The summed E-state index contributed by atoms with van der Waals surface area (Å²) in [7, 11) is 0. The predicted octanol–water partition coefficient (Wildman–Crippen LogP) is 3.22. The number of thiophene rings is 1. The number of hydrazine groups is 1. The lowest BCUT2D eigenvalue weighted by atomic mass is 10.0. The first-order valence-electron chi connectivity index (χ1n) is 5.87. The zero-order valence-corrected chi connectivity index (χ0v) is 12.6. The fourth-order valence-corrected chi connectivity index (χ4v) is 3.46. The smallest absolute Gasteiger partial charge is 0.0683 e. The Bertz CT molecular complexity index is 512. The molecule has 5 heteroatoms. The molecule has 0 aromatic carbocycles. The molecule has 0 spiro atoms. The standard InChI is InChI=1S/C13H16BrN3S/c1-2-9-4-3-5-16-13(9)12(17-15)7-11-6-10(14)8-18-11/h3-6,8,12,17H,2,7,15H2,1H3. The van der Waals surface area contributed by atoms with E-state index in [-0.39, 0.29) is 6.04 Å². The van der Waals surface area contributed by atoms with Gasteiger partial charge in [0.15, 0.2) is 0 Å². The van der Waals surface area contributed by atoms with Gasteiger partial charge in [-0.1, -0.05) is 13.0 Å². The van der Waals surface area contributed by atoms with Gasteiger partial charge in [-0.3, -0.25) is 16.3 Å². The van der Waals surface area contributed by atoms with Gasteiger partial charge < -0.3 is 0 Å². The number of hydrogen-bond acceptors (Lipinski definition) is 4. The van der Waals surface area contributed by atoms with Crippen LogP contribution in [-0.2, 0) is 12.8 Å². The summed E-state index contributed by atoms with van der Waals surface area (Å²) in [5.74, 6) is 5.69. The Morgan fingerprint density at radius 2 is 2.39 bits per heavy atom. The van der Waals surface area contributed by atoms with E-state index < -0.39 is 0 Å². The average molecular weight is 326 g/mol. The number of pyridine rings is 1. The summed E-state index contributed by atoms with van der Waals surface area (Å²) in [5.41, 5.74) is 5.17. The number of aromatic nitrogens is 1. The highest BCUT2D eigenvalue weighted by molar-refractivity contribution is 9.10. The number of nitrogens with zero attached hydrogens (tertiary/aromatic N) is 1. The van der Waals surface area contributed by atoms with Gasteiger partial charge in [0.1, 0.15) is 0 Å². The maximum absolute atomic E-state index is 5.69. The second-order valence-electron chi connectivity index (χ2n) is 4.06. The molecule has 0 aliphatic heterocycles. The molecule has 0 fully saturated rings. The van der Waals surface area contributed by atoms with E-state index >= 15 is 0 Å². The van der Waals surface area contributed by atoms with Crippen LogP contribution in [0, 0.1) is 0 Å². The molecule has 0 aliphatic rings. The summed E-state index contributed by atoms with van der Waals surface area (Å²) < 4.78 is 1.12. The van der Waals surface area contributed by atoms with Crippen LogP contribution in [0.2, 0.25) is 0 Å². The third-order valence-electron chi connectivity index (χ3n) is 2.87. The fourth-order valence-electron chi connectivity index (χ4n) is 1.96. The number of rotatable bonds is 5. The van der Waals surface area contributed by atoms with Crippen LogP contribution in [0.5, 0.6) is 0 Å². The average Bonchev–Trinajstić information content (AvgIpc) is 2.81. The van der Waals surface area contributed by atoms with Gasteiger partial charge in [-0.2, -0.15) is 0 Å². The topological polar surface area (TPSA) is 50.9 Å². The number of aryl methyl sites for hydroxylation is 1. The quantitative estimate of drug-likeness (QED) is 0.655. The van der Waals surface area contributed by atoms with E-state index in [1.807, 2.05) is 12.3 Å². The maximum Gasteiger partial charge on any atom is 0.0683 e. The molecule has 0 aliphatic carbocycles. The fraction of sp³-hybridized carbons (Fsp3) is 0.308. The summed E-state index contributed by atoms with van der Waals surface area (Å²) >= 11 is 5.20. The summed E-state index contributed by atoms with van der Waals surface area (Å²) in [6.07, 6.45) is 3.65. The minimum Gasteiger partial charge on any atom is -0.271 e. The lowest BCUT2D eigenvalue weighted by molar-refractivity contribution is 0.537. The number of nitrogens with two attached hydrogens (primary N) is 1. The van der Waals surface area contributed by atoms with Gasteiger partial charge >= 0.3 is 0 Å². The van der Waals surface area contributed by atoms with Crippen LogP contribution in [0.4, 0.5) is 0 Å². The third-order valence-corrected chi connectivity index (χ3v) is 4.59. The molecule has 2 rings (SSSR count). The zero-order valence-electron chi connectivity index (χ0n) is 10.2. The highest BCUT2D eigenvalue weighted by atomic mass is 79.9. The molecule has 1 unspecified atom stereocenters. The van der Waals surface area contributed by atoms with Gasteiger partial charge in [-0.15, -0.1) is 11.3 Å². The lowest BCUT2D eigenvalue weighted by Crippen LogP contribution is -2.30. The molecule has 0 saturated heterocycles. The monoisotopic (exact) mass is 325 g/mol. The molecule has 3 nitrogen and oxygen atoms in total. The van der Waals surface area contributed by atoms with Crippen LogP contribution in [0.25, 0.3) is 0 Å². The van der Waals surface area contributed by atoms with Crippen LogP contribution in [0.1, 0.15) is 29.1 Å². The molecule has 3 N–H and O–H groups in total. The van der Waals surface area contributed by atoms with Gasteiger partial charge in [-0.25, -0.2) is 0 Å². The predicted molar refractivity (Wildman–Crippen MR) is 79.4 cm³/mol. The molecular formula is C13H16BrN3S. The third kappa shape index (κ3) is 3.17. The van der Waals surface area contributed by atoms with Crippen molar-refractivity contribution in [2.24, 2.45) is 5.84 Å². The Kier molecular flexibility index (Phi) is 4.88. The van der Waals surface area contributed by atoms with Crippen molar-refractivity contribution >= 4 is 27.3 Å². The van der Waals surface area contributed by atoms with E-state index in [0.29, 0.717) is 0 Å². The molecule has 96 valence electrons. The minimum atomic E-state index is 0.0618. The first-order chi connectivity index (χ1) is 8.74. The van der Waals surface area contributed by atoms with E-state index in [9.17, 15) is 0 Å². The van der Waals surface area contributed by atoms with Crippen LogP contribution >= 0.6 is 27.3 Å². The van der Waals surface area contributed by atoms with Crippen molar-refractivity contribution in [1.82, 2.24) is 10.4 Å². The number of halogens is 1. The van der Waals surface area contributed by atoms with Gasteiger partial charge in [0.05, 0.1) is 11.7 Å². The first kappa shape index (κ1) is 13.7. The van der Waals surface area contributed by atoms with Crippen molar-refractivity contribution in [3.63, 3.8) is 0 Å².